The number of ketones is 1. The van der Waals surface area contributed by atoms with Crippen LogP contribution in [-0.2, 0) is 11.3 Å². The fourth-order valence-corrected chi connectivity index (χ4v) is 1.51. The third-order valence-electron chi connectivity index (χ3n) is 2.16. The first-order valence-electron chi connectivity index (χ1n) is 4.68. The summed E-state index contributed by atoms with van der Waals surface area (Å²) in [4.78, 5) is 27.3. The molecule has 0 aliphatic rings. The van der Waals surface area contributed by atoms with Gasteiger partial charge in [-0.15, -0.1) is 0 Å². The van der Waals surface area contributed by atoms with E-state index in [1.807, 2.05) is 36.4 Å². The standard InChI is InChI=1S/C10H13IN2O2/c1-6(2)9(14)5-13-7(3)12-4-8(11)10(13)15/h4,6H,5H2,1-3H3. The molecule has 4 nitrogen and oxygen atoms in total. The summed E-state index contributed by atoms with van der Waals surface area (Å²) in [6.45, 7) is 5.49. The van der Waals surface area contributed by atoms with Crippen LogP contribution in [0.3, 0.4) is 0 Å². The van der Waals surface area contributed by atoms with Crippen molar-refractivity contribution in [1.29, 1.82) is 0 Å². The lowest BCUT2D eigenvalue weighted by Crippen LogP contribution is -2.30. The molecule has 82 valence electrons. The fraction of sp³-hybridized carbons (Fsp3) is 0.500. The molecule has 0 amide bonds. The molecule has 0 aliphatic heterocycles. The van der Waals surface area contributed by atoms with E-state index >= 15 is 0 Å². The average molecular weight is 320 g/mol. The largest absolute Gasteiger partial charge is 0.297 e. The summed E-state index contributed by atoms with van der Waals surface area (Å²) in [6.07, 6.45) is 1.52. The van der Waals surface area contributed by atoms with E-state index in [0.717, 1.165) is 0 Å². The molecule has 0 atom stereocenters. The van der Waals surface area contributed by atoms with Gasteiger partial charge in [0, 0.05) is 12.1 Å². The highest BCUT2D eigenvalue weighted by Crippen LogP contribution is 2.01. The summed E-state index contributed by atoms with van der Waals surface area (Å²) < 4.78 is 1.96. The van der Waals surface area contributed by atoms with Gasteiger partial charge in [0.15, 0.2) is 5.78 Å². The number of carbonyl (C=O) groups is 1. The van der Waals surface area contributed by atoms with Gasteiger partial charge in [-0.05, 0) is 29.5 Å². The maximum atomic E-state index is 11.7. The Balaban J connectivity index is 3.10. The van der Waals surface area contributed by atoms with Crippen LogP contribution in [0, 0.1) is 16.4 Å². The van der Waals surface area contributed by atoms with E-state index in [-0.39, 0.29) is 23.8 Å². The summed E-state index contributed by atoms with van der Waals surface area (Å²) in [6, 6.07) is 0. The zero-order chi connectivity index (χ0) is 11.6. The van der Waals surface area contributed by atoms with E-state index in [0.29, 0.717) is 9.39 Å². The first-order valence-corrected chi connectivity index (χ1v) is 5.76. The van der Waals surface area contributed by atoms with Crippen LogP contribution in [0.15, 0.2) is 11.0 Å². The SMILES string of the molecule is Cc1ncc(I)c(=O)n1CC(=O)C(C)C. The molecule has 0 fully saturated rings. The van der Waals surface area contributed by atoms with Crippen molar-refractivity contribution >= 4 is 28.4 Å². The number of nitrogens with zero attached hydrogens (tertiary/aromatic N) is 2. The zero-order valence-electron chi connectivity index (χ0n) is 8.95. The Kier molecular flexibility index (Phi) is 4.01. The van der Waals surface area contributed by atoms with Crippen molar-refractivity contribution in [1.82, 2.24) is 9.55 Å². The highest BCUT2D eigenvalue weighted by atomic mass is 127. The Morgan fingerprint density at radius 3 is 2.73 bits per heavy atom. The van der Waals surface area contributed by atoms with Crippen molar-refractivity contribution in [3.05, 3.63) is 25.9 Å². The zero-order valence-corrected chi connectivity index (χ0v) is 11.1. The lowest BCUT2D eigenvalue weighted by atomic mass is 10.1. The first-order chi connectivity index (χ1) is 6.93. The molecule has 1 rings (SSSR count). The number of aryl methyl sites for hydroxylation is 1. The van der Waals surface area contributed by atoms with E-state index in [4.69, 9.17) is 0 Å². The quantitative estimate of drug-likeness (QED) is 0.791. The lowest BCUT2D eigenvalue weighted by Gasteiger charge is -2.09. The van der Waals surface area contributed by atoms with Gasteiger partial charge in [-0.1, -0.05) is 13.8 Å². The Hall–Kier alpha value is -0.720. The fourth-order valence-electron chi connectivity index (χ4n) is 1.08. The van der Waals surface area contributed by atoms with Crippen molar-refractivity contribution in [3.8, 4) is 0 Å². The van der Waals surface area contributed by atoms with Crippen molar-refractivity contribution in [2.45, 2.75) is 27.3 Å². The summed E-state index contributed by atoms with van der Waals surface area (Å²) in [5.41, 5.74) is -0.142. The molecule has 0 aliphatic carbocycles. The van der Waals surface area contributed by atoms with Gasteiger partial charge in [0.25, 0.3) is 5.56 Å². The van der Waals surface area contributed by atoms with Crippen molar-refractivity contribution in [3.63, 3.8) is 0 Å². The molecule has 0 unspecified atom stereocenters. The van der Waals surface area contributed by atoms with Crippen LogP contribution in [0.5, 0.6) is 0 Å². The Labute approximate surface area is 102 Å². The molecular formula is C10H13IN2O2. The van der Waals surface area contributed by atoms with E-state index in [1.54, 1.807) is 6.92 Å². The van der Waals surface area contributed by atoms with Gasteiger partial charge in [0.1, 0.15) is 5.82 Å². The average Bonchev–Trinajstić information content (AvgIpc) is 2.18. The van der Waals surface area contributed by atoms with Crippen LogP contribution in [0.1, 0.15) is 19.7 Å². The van der Waals surface area contributed by atoms with Crippen LogP contribution in [0.4, 0.5) is 0 Å². The highest BCUT2D eigenvalue weighted by Gasteiger charge is 2.12. The second-order valence-corrected chi connectivity index (χ2v) is 4.83. The second-order valence-electron chi connectivity index (χ2n) is 3.67. The number of aromatic nitrogens is 2. The van der Waals surface area contributed by atoms with Crippen LogP contribution >= 0.6 is 22.6 Å². The van der Waals surface area contributed by atoms with Crippen LogP contribution in [0.25, 0.3) is 0 Å². The smallest absolute Gasteiger partial charge is 0.267 e. The van der Waals surface area contributed by atoms with Gasteiger partial charge in [-0.3, -0.25) is 14.2 Å². The van der Waals surface area contributed by atoms with Crippen LogP contribution in [0.2, 0.25) is 0 Å². The second kappa shape index (κ2) is 4.87. The minimum atomic E-state index is -0.142. The maximum Gasteiger partial charge on any atom is 0.267 e. The molecule has 1 aromatic heterocycles. The molecule has 0 saturated heterocycles. The van der Waals surface area contributed by atoms with Gasteiger partial charge in [0.05, 0.1) is 10.1 Å². The van der Waals surface area contributed by atoms with Gasteiger partial charge in [-0.2, -0.15) is 0 Å². The monoisotopic (exact) mass is 320 g/mol. The van der Waals surface area contributed by atoms with E-state index < -0.39 is 0 Å². The summed E-state index contributed by atoms with van der Waals surface area (Å²) >= 11 is 1.92. The molecule has 0 saturated carbocycles. The number of hydrogen-bond acceptors (Lipinski definition) is 3. The first kappa shape index (κ1) is 12.4. The number of halogens is 1. The molecule has 1 aromatic rings. The molecule has 0 spiro atoms. The van der Waals surface area contributed by atoms with Crippen molar-refractivity contribution in [2.24, 2.45) is 5.92 Å². The Bertz CT molecular complexity index is 438. The predicted octanol–water partition coefficient (Wildman–Crippen LogP) is 1.38. The summed E-state index contributed by atoms with van der Waals surface area (Å²) in [7, 11) is 0. The molecule has 5 heteroatoms. The van der Waals surface area contributed by atoms with E-state index in [1.165, 1.54) is 10.8 Å². The van der Waals surface area contributed by atoms with Crippen LogP contribution < -0.4 is 5.56 Å². The Morgan fingerprint density at radius 1 is 1.60 bits per heavy atom. The summed E-state index contributed by atoms with van der Waals surface area (Å²) in [5, 5.41) is 0. The molecule has 0 N–H and O–H groups in total. The molecule has 15 heavy (non-hydrogen) atoms. The minimum Gasteiger partial charge on any atom is -0.297 e. The topological polar surface area (TPSA) is 52.0 Å². The van der Waals surface area contributed by atoms with Crippen molar-refractivity contribution in [2.75, 3.05) is 0 Å². The van der Waals surface area contributed by atoms with Gasteiger partial charge in [-0.25, -0.2) is 4.98 Å². The van der Waals surface area contributed by atoms with E-state index in [9.17, 15) is 9.59 Å². The molecule has 0 bridgehead atoms. The summed E-state index contributed by atoms with van der Waals surface area (Å²) in [5.74, 6) is 0.563. The normalized spacial score (nSPS) is 10.7. The molecule has 0 aromatic carbocycles. The van der Waals surface area contributed by atoms with Gasteiger partial charge in [0.2, 0.25) is 0 Å². The Morgan fingerprint density at radius 2 is 2.20 bits per heavy atom. The van der Waals surface area contributed by atoms with E-state index in [2.05, 4.69) is 4.98 Å². The van der Waals surface area contributed by atoms with Gasteiger partial charge < -0.3 is 0 Å². The molecule has 1 heterocycles. The third kappa shape index (κ3) is 2.87. The molecule has 0 radical (unpaired) electrons. The minimum absolute atomic E-state index is 0.0454. The lowest BCUT2D eigenvalue weighted by molar-refractivity contribution is -0.122. The molecular weight excluding hydrogens is 307 g/mol. The number of Topliss-reactive ketones (excluding diaryl/α,β-unsaturated/α-hetero) is 1. The number of carbonyl (C=O) groups excluding carboxylic acids is 1. The third-order valence-corrected chi connectivity index (χ3v) is 2.90. The van der Waals surface area contributed by atoms with Gasteiger partial charge >= 0.3 is 0 Å². The highest BCUT2D eigenvalue weighted by molar-refractivity contribution is 14.1. The number of rotatable bonds is 3. The van der Waals surface area contributed by atoms with Crippen LogP contribution in [-0.4, -0.2) is 15.3 Å². The predicted molar refractivity (Wildman–Crippen MR) is 65.8 cm³/mol. The number of hydrogen-bond donors (Lipinski definition) is 0. The maximum absolute atomic E-state index is 11.7. The van der Waals surface area contributed by atoms with Crippen molar-refractivity contribution < 1.29 is 4.79 Å².